The Bertz CT molecular complexity index is 748. The molecule has 0 spiro atoms. The third kappa shape index (κ3) is 4.45. The molecule has 7 heteroatoms. The molecule has 1 saturated heterocycles. The first-order valence-electron chi connectivity index (χ1n) is 8.57. The van der Waals surface area contributed by atoms with Crippen molar-refractivity contribution < 1.29 is 14.3 Å². The van der Waals surface area contributed by atoms with E-state index in [-0.39, 0.29) is 5.91 Å². The van der Waals surface area contributed by atoms with E-state index in [0.717, 1.165) is 19.6 Å². The van der Waals surface area contributed by atoms with Gasteiger partial charge in [0.05, 0.1) is 12.1 Å². The molecule has 1 aromatic heterocycles. The Hall–Kier alpha value is -2.31. The fourth-order valence-electron chi connectivity index (χ4n) is 2.91. The van der Waals surface area contributed by atoms with Crippen molar-refractivity contribution in [3.63, 3.8) is 0 Å². The number of benzene rings is 1. The van der Waals surface area contributed by atoms with E-state index < -0.39 is 0 Å². The van der Waals surface area contributed by atoms with Crippen LogP contribution in [-0.4, -0.2) is 67.1 Å². The van der Waals surface area contributed by atoms with Crippen LogP contribution in [0.15, 0.2) is 42.6 Å². The second-order valence-electron chi connectivity index (χ2n) is 5.97. The number of piperazine rings is 1. The Morgan fingerprint density at radius 1 is 1.15 bits per heavy atom. The molecule has 3 rings (SSSR count). The lowest BCUT2D eigenvalue weighted by Gasteiger charge is -2.34. The maximum absolute atomic E-state index is 12.7. The molecule has 0 saturated carbocycles. The van der Waals surface area contributed by atoms with Crippen molar-refractivity contribution in [3.05, 3.63) is 53.2 Å². The number of methoxy groups -OCH3 is 1. The summed E-state index contributed by atoms with van der Waals surface area (Å²) in [6.45, 7) is 4.31. The number of amides is 1. The quantitative estimate of drug-likeness (QED) is 0.776. The highest BCUT2D eigenvalue weighted by molar-refractivity contribution is 6.32. The number of hydrogen-bond donors (Lipinski definition) is 0. The molecule has 0 unspecified atom stereocenters. The van der Waals surface area contributed by atoms with E-state index in [2.05, 4.69) is 9.88 Å². The molecule has 1 aliphatic rings. The number of nitrogens with zero attached hydrogens (tertiary/aromatic N) is 3. The van der Waals surface area contributed by atoms with Gasteiger partial charge in [-0.15, -0.1) is 0 Å². The van der Waals surface area contributed by atoms with Gasteiger partial charge in [-0.1, -0.05) is 23.7 Å². The number of rotatable bonds is 6. The molecule has 1 amide bonds. The monoisotopic (exact) mass is 375 g/mol. The van der Waals surface area contributed by atoms with E-state index >= 15 is 0 Å². The van der Waals surface area contributed by atoms with E-state index in [0.29, 0.717) is 41.9 Å². The fraction of sp³-hybridized carbons (Fsp3) is 0.368. The van der Waals surface area contributed by atoms with Crippen LogP contribution >= 0.6 is 11.6 Å². The SMILES string of the molecule is COc1ncccc1C(=O)N1CCN(CCOc2ccccc2Cl)CC1. The minimum atomic E-state index is -0.0399. The zero-order chi connectivity index (χ0) is 18.4. The number of hydrogen-bond acceptors (Lipinski definition) is 5. The van der Waals surface area contributed by atoms with Gasteiger partial charge in [-0.25, -0.2) is 4.98 Å². The highest BCUT2D eigenvalue weighted by Crippen LogP contribution is 2.23. The maximum atomic E-state index is 12.7. The topological polar surface area (TPSA) is 54.9 Å². The summed E-state index contributed by atoms with van der Waals surface area (Å²) in [6, 6.07) is 10.9. The zero-order valence-electron chi connectivity index (χ0n) is 14.7. The van der Waals surface area contributed by atoms with Crippen LogP contribution < -0.4 is 9.47 Å². The van der Waals surface area contributed by atoms with Gasteiger partial charge in [-0.05, 0) is 24.3 Å². The van der Waals surface area contributed by atoms with Crippen LogP contribution in [0.2, 0.25) is 5.02 Å². The van der Waals surface area contributed by atoms with Crippen molar-refractivity contribution in [3.8, 4) is 11.6 Å². The number of halogens is 1. The Morgan fingerprint density at radius 2 is 1.92 bits per heavy atom. The van der Waals surface area contributed by atoms with Crippen molar-refractivity contribution in [2.75, 3.05) is 46.4 Å². The first-order chi connectivity index (χ1) is 12.7. The summed E-state index contributed by atoms with van der Waals surface area (Å²) >= 11 is 6.08. The number of carbonyl (C=O) groups excluding carboxylic acids is 1. The van der Waals surface area contributed by atoms with Crippen LogP contribution in [0.4, 0.5) is 0 Å². The van der Waals surface area contributed by atoms with Crippen molar-refractivity contribution in [2.45, 2.75) is 0 Å². The molecule has 0 aliphatic carbocycles. The Balaban J connectivity index is 1.47. The summed E-state index contributed by atoms with van der Waals surface area (Å²) < 4.78 is 10.9. The highest BCUT2D eigenvalue weighted by atomic mass is 35.5. The smallest absolute Gasteiger partial charge is 0.259 e. The molecule has 1 aromatic carbocycles. The second-order valence-corrected chi connectivity index (χ2v) is 6.38. The summed E-state index contributed by atoms with van der Waals surface area (Å²) in [6.07, 6.45) is 1.62. The van der Waals surface area contributed by atoms with Gasteiger partial charge in [0.1, 0.15) is 17.9 Å². The van der Waals surface area contributed by atoms with Gasteiger partial charge in [0.25, 0.3) is 5.91 Å². The van der Waals surface area contributed by atoms with E-state index in [9.17, 15) is 4.79 Å². The Labute approximate surface area is 158 Å². The average Bonchev–Trinajstić information content (AvgIpc) is 2.69. The molecule has 0 bridgehead atoms. The summed E-state index contributed by atoms with van der Waals surface area (Å²) in [7, 11) is 1.52. The van der Waals surface area contributed by atoms with Crippen LogP contribution in [0.1, 0.15) is 10.4 Å². The zero-order valence-corrected chi connectivity index (χ0v) is 15.5. The molecular formula is C19H22ClN3O3. The number of pyridine rings is 1. The third-order valence-corrected chi connectivity index (χ3v) is 4.67. The third-order valence-electron chi connectivity index (χ3n) is 4.36. The molecule has 0 atom stereocenters. The minimum absolute atomic E-state index is 0.0399. The van der Waals surface area contributed by atoms with Crippen molar-refractivity contribution in [1.29, 1.82) is 0 Å². The van der Waals surface area contributed by atoms with E-state index in [1.807, 2.05) is 29.2 Å². The van der Waals surface area contributed by atoms with Gasteiger partial charge in [-0.2, -0.15) is 0 Å². The summed E-state index contributed by atoms with van der Waals surface area (Å²) in [5.41, 5.74) is 0.505. The fourth-order valence-corrected chi connectivity index (χ4v) is 3.10. The molecule has 1 aliphatic heterocycles. The standard InChI is InChI=1S/C19H22ClN3O3/c1-25-18-15(5-4-8-21-18)19(24)23-11-9-22(10-12-23)13-14-26-17-7-3-2-6-16(17)20/h2-8H,9-14H2,1H3. The van der Waals surface area contributed by atoms with Gasteiger partial charge >= 0.3 is 0 Å². The molecule has 0 N–H and O–H groups in total. The number of ether oxygens (including phenoxy) is 2. The Morgan fingerprint density at radius 3 is 2.65 bits per heavy atom. The molecule has 138 valence electrons. The minimum Gasteiger partial charge on any atom is -0.491 e. The second kappa shape index (κ2) is 8.87. The molecule has 26 heavy (non-hydrogen) atoms. The first kappa shape index (κ1) is 18.5. The largest absolute Gasteiger partial charge is 0.491 e. The van der Waals surface area contributed by atoms with E-state index in [4.69, 9.17) is 21.1 Å². The number of aromatic nitrogens is 1. The van der Waals surface area contributed by atoms with Crippen LogP contribution in [0, 0.1) is 0 Å². The lowest BCUT2D eigenvalue weighted by Crippen LogP contribution is -2.49. The number of para-hydroxylation sites is 1. The van der Waals surface area contributed by atoms with E-state index in [1.54, 1.807) is 18.3 Å². The van der Waals surface area contributed by atoms with E-state index in [1.165, 1.54) is 7.11 Å². The average molecular weight is 376 g/mol. The van der Waals surface area contributed by atoms with Gasteiger partial charge in [0.15, 0.2) is 0 Å². The van der Waals surface area contributed by atoms with Gasteiger partial charge in [0.2, 0.25) is 5.88 Å². The predicted octanol–water partition coefficient (Wildman–Crippen LogP) is 2.58. The van der Waals surface area contributed by atoms with Crippen molar-refractivity contribution >= 4 is 17.5 Å². The molecule has 2 heterocycles. The first-order valence-corrected chi connectivity index (χ1v) is 8.95. The van der Waals surface area contributed by atoms with Crippen molar-refractivity contribution in [1.82, 2.24) is 14.8 Å². The summed E-state index contributed by atoms with van der Waals surface area (Å²) in [5.74, 6) is 1.03. The van der Waals surface area contributed by atoms with Crippen LogP contribution in [0.25, 0.3) is 0 Å². The van der Waals surface area contributed by atoms with Gasteiger partial charge in [0, 0.05) is 38.9 Å². The van der Waals surface area contributed by atoms with Crippen molar-refractivity contribution in [2.24, 2.45) is 0 Å². The highest BCUT2D eigenvalue weighted by Gasteiger charge is 2.24. The lowest BCUT2D eigenvalue weighted by atomic mass is 10.2. The van der Waals surface area contributed by atoms with Crippen LogP contribution in [0.5, 0.6) is 11.6 Å². The molecular weight excluding hydrogens is 354 g/mol. The molecule has 1 fully saturated rings. The molecule has 6 nitrogen and oxygen atoms in total. The normalized spacial score (nSPS) is 14.9. The van der Waals surface area contributed by atoms with Gasteiger partial charge in [-0.3, -0.25) is 9.69 Å². The summed E-state index contributed by atoms with van der Waals surface area (Å²) in [4.78, 5) is 20.9. The predicted molar refractivity (Wildman–Crippen MR) is 100 cm³/mol. The molecule has 2 aromatic rings. The Kier molecular flexibility index (Phi) is 6.30. The van der Waals surface area contributed by atoms with Gasteiger partial charge < -0.3 is 14.4 Å². The maximum Gasteiger partial charge on any atom is 0.259 e. The summed E-state index contributed by atoms with van der Waals surface area (Å²) in [5, 5.41) is 0.619. The molecule has 0 radical (unpaired) electrons. The number of carbonyl (C=O) groups is 1. The van der Waals surface area contributed by atoms with Crippen LogP contribution in [-0.2, 0) is 0 Å². The van der Waals surface area contributed by atoms with Crippen LogP contribution in [0.3, 0.4) is 0 Å². The lowest BCUT2D eigenvalue weighted by molar-refractivity contribution is 0.0616.